The van der Waals surface area contributed by atoms with Crippen molar-refractivity contribution in [1.82, 2.24) is 14.5 Å². The summed E-state index contributed by atoms with van der Waals surface area (Å²) in [5, 5.41) is 4.16. The summed E-state index contributed by atoms with van der Waals surface area (Å²) in [5.74, 6) is -1.57. The average Bonchev–Trinajstić information content (AvgIpc) is 3.30. The van der Waals surface area contributed by atoms with Crippen molar-refractivity contribution < 1.29 is 49.0 Å². The van der Waals surface area contributed by atoms with Crippen molar-refractivity contribution in [2.45, 2.75) is 69.9 Å². The van der Waals surface area contributed by atoms with E-state index in [-0.39, 0.29) is 53.1 Å². The fourth-order valence-corrected chi connectivity index (χ4v) is 6.21. The zero-order chi connectivity index (χ0) is 30.8. The van der Waals surface area contributed by atoms with Crippen LogP contribution in [0, 0.1) is 0 Å². The molecule has 0 bridgehead atoms. The number of nitrogens with one attached hydrogen (secondary N) is 1. The number of nitrogens with zero attached hydrogens (tertiary/aromatic N) is 3. The van der Waals surface area contributed by atoms with Crippen molar-refractivity contribution in [2.75, 3.05) is 30.3 Å². The Kier molecular flexibility index (Phi) is 9.54. The number of rotatable bonds is 12. The molecular weight excluding hydrogens is 593 g/mol. The van der Waals surface area contributed by atoms with Crippen LogP contribution in [0.15, 0.2) is 29.3 Å². The molecule has 3 rings (SSSR count). The Morgan fingerprint density at radius 1 is 1.20 bits per heavy atom. The summed E-state index contributed by atoms with van der Waals surface area (Å²) in [6.45, 7) is 5.05. The Balaban J connectivity index is 2.02. The van der Waals surface area contributed by atoms with Crippen LogP contribution in [0.25, 0.3) is 0 Å². The fourth-order valence-electron chi connectivity index (χ4n) is 3.86. The van der Waals surface area contributed by atoms with Crippen molar-refractivity contribution in [3.8, 4) is 11.6 Å². The fraction of sp³-hybridized carbons (Fsp3) is 0.583. The molecule has 1 N–H and O–H groups in total. The number of esters is 1. The number of fused-ring (bicyclic) bond motifs is 1. The monoisotopic (exact) mass is 626 g/mol. The van der Waals surface area contributed by atoms with Crippen LogP contribution in [0.2, 0.25) is 0 Å². The largest absolute Gasteiger partial charge is 0.486 e. The predicted molar refractivity (Wildman–Crippen MR) is 142 cm³/mol. The highest BCUT2D eigenvalue weighted by Crippen LogP contribution is 2.40. The molecule has 12 nitrogen and oxygen atoms in total. The lowest BCUT2D eigenvalue weighted by Gasteiger charge is -2.35. The minimum absolute atomic E-state index is 0.00445. The molecule has 0 aliphatic carbocycles. The number of anilines is 1. The minimum atomic E-state index is -4.80. The first kappa shape index (κ1) is 32.5. The average molecular weight is 627 g/mol. The van der Waals surface area contributed by atoms with Crippen molar-refractivity contribution in [2.24, 2.45) is 0 Å². The van der Waals surface area contributed by atoms with Gasteiger partial charge in [-0.1, -0.05) is 6.07 Å². The number of sulfonamides is 2. The van der Waals surface area contributed by atoms with Crippen LogP contribution in [0.1, 0.15) is 39.7 Å². The van der Waals surface area contributed by atoms with E-state index in [1.165, 1.54) is 36.1 Å². The molecule has 17 heteroatoms. The van der Waals surface area contributed by atoms with Crippen molar-refractivity contribution in [1.29, 1.82) is 0 Å². The number of halogens is 3. The number of aryl methyl sites for hydroxylation is 1. The van der Waals surface area contributed by atoms with Crippen LogP contribution in [-0.2, 0) is 42.5 Å². The Hall–Kier alpha value is -3.05. The summed E-state index contributed by atoms with van der Waals surface area (Å²) in [6.07, 6.45) is -5.00. The quantitative estimate of drug-likeness (QED) is 0.351. The molecule has 0 radical (unpaired) electrons. The summed E-state index contributed by atoms with van der Waals surface area (Å²) >= 11 is 0. The second-order valence-electron chi connectivity index (χ2n) is 9.64. The van der Waals surface area contributed by atoms with Crippen molar-refractivity contribution >= 4 is 31.7 Å². The van der Waals surface area contributed by atoms with E-state index in [2.05, 4.69) is 14.6 Å². The maximum atomic E-state index is 14.0. The number of hydrogen-bond acceptors (Lipinski definition) is 9. The van der Waals surface area contributed by atoms with Gasteiger partial charge in [-0.3, -0.25) is 13.8 Å². The molecule has 2 aromatic rings. The highest BCUT2D eigenvalue weighted by molar-refractivity contribution is 7.93. The third kappa shape index (κ3) is 7.43. The molecule has 0 saturated carbocycles. The lowest BCUT2D eigenvalue weighted by Crippen LogP contribution is -2.44. The molecule has 1 aliphatic rings. The van der Waals surface area contributed by atoms with E-state index < -0.39 is 50.3 Å². The molecule has 230 valence electrons. The van der Waals surface area contributed by atoms with Crippen LogP contribution in [0.3, 0.4) is 0 Å². The van der Waals surface area contributed by atoms with E-state index in [1.54, 1.807) is 13.8 Å². The molecule has 0 fully saturated rings. The number of ether oxygens (including phenoxy) is 3. The van der Waals surface area contributed by atoms with Gasteiger partial charge in [-0.2, -0.15) is 13.2 Å². The molecule has 1 aliphatic heterocycles. The SMILES string of the molecule is CCOc1nn(CC)cc1S(=O)(=O)N1C[C@H](CCS(=O)(=O)NC)Oc2ccc(CC(=O)OC(C)(C)C(F)(F)F)cc21. The summed E-state index contributed by atoms with van der Waals surface area (Å²) in [5.41, 5.74) is -2.56. The predicted octanol–water partition coefficient (Wildman–Crippen LogP) is 2.62. The normalized spacial score (nSPS) is 16.2. The van der Waals surface area contributed by atoms with E-state index >= 15 is 0 Å². The summed E-state index contributed by atoms with van der Waals surface area (Å²) < 4.78 is 112. The van der Waals surface area contributed by atoms with Gasteiger partial charge in [-0.25, -0.2) is 21.6 Å². The maximum Gasteiger partial charge on any atom is 0.427 e. The number of carbonyl (C=O) groups excluding carboxylic acids is 1. The molecule has 0 spiro atoms. The van der Waals surface area contributed by atoms with Crippen LogP contribution in [0.4, 0.5) is 18.9 Å². The smallest absolute Gasteiger partial charge is 0.427 e. The lowest BCUT2D eigenvalue weighted by molar-refractivity contribution is -0.257. The number of benzene rings is 1. The van der Waals surface area contributed by atoms with Gasteiger partial charge in [0.15, 0.2) is 4.90 Å². The Bertz CT molecular complexity index is 1470. The van der Waals surface area contributed by atoms with Gasteiger partial charge < -0.3 is 14.2 Å². The van der Waals surface area contributed by atoms with Crippen LogP contribution in [-0.4, -0.2) is 76.4 Å². The zero-order valence-corrected chi connectivity index (χ0v) is 24.8. The Morgan fingerprint density at radius 3 is 2.46 bits per heavy atom. The van der Waals surface area contributed by atoms with E-state index in [1.807, 2.05) is 0 Å². The molecule has 1 aromatic carbocycles. The number of hydrogen-bond donors (Lipinski definition) is 1. The third-order valence-electron chi connectivity index (χ3n) is 6.24. The van der Waals surface area contributed by atoms with E-state index in [4.69, 9.17) is 9.47 Å². The molecule has 0 saturated heterocycles. The highest BCUT2D eigenvalue weighted by atomic mass is 32.2. The van der Waals surface area contributed by atoms with Crippen LogP contribution >= 0.6 is 0 Å². The Morgan fingerprint density at radius 2 is 1.88 bits per heavy atom. The molecule has 0 unspecified atom stereocenters. The molecule has 2 heterocycles. The highest BCUT2D eigenvalue weighted by Gasteiger charge is 2.50. The molecule has 1 aromatic heterocycles. The minimum Gasteiger partial charge on any atom is -0.486 e. The van der Waals surface area contributed by atoms with Crippen LogP contribution in [0.5, 0.6) is 11.6 Å². The molecule has 0 amide bonds. The van der Waals surface area contributed by atoms with Gasteiger partial charge in [0.25, 0.3) is 15.9 Å². The maximum absolute atomic E-state index is 14.0. The van der Waals surface area contributed by atoms with Gasteiger partial charge in [-0.05, 0) is 52.4 Å². The van der Waals surface area contributed by atoms with Gasteiger partial charge in [-0.15, -0.1) is 5.10 Å². The number of carbonyl (C=O) groups is 1. The lowest BCUT2D eigenvalue weighted by atomic mass is 10.1. The first-order valence-corrected chi connectivity index (χ1v) is 15.8. The molecule has 41 heavy (non-hydrogen) atoms. The van der Waals surface area contributed by atoms with Crippen molar-refractivity contribution in [3.05, 3.63) is 30.0 Å². The molecular formula is C24H33F3N4O8S2. The van der Waals surface area contributed by atoms with E-state index in [0.29, 0.717) is 6.54 Å². The van der Waals surface area contributed by atoms with Gasteiger partial charge in [0, 0.05) is 19.2 Å². The zero-order valence-electron chi connectivity index (χ0n) is 23.2. The summed E-state index contributed by atoms with van der Waals surface area (Å²) in [4.78, 5) is 12.1. The van der Waals surface area contributed by atoms with Gasteiger partial charge in [0.05, 0.1) is 31.0 Å². The Labute approximate surface area is 236 Å². The van der Waals surface area contributed by atoms with Crippen LogP contribution < -0.4 is 18.5 Å². The van der Waals surface area contributed by atoms with Crippen molar-refractivity contribution in [3.63, 3.8) is 0 Å². The van der Waals surface area contributed by atoms with Gasteiger partial charge in [0.1, 0.15) is 11.9 Å². The summed E-state index contributed by atoms with van der Waals surface area (Å²) in [7, 11) is -6.76. The van der Waals surface area contributed by atoms with Gasteiger partial charge in [0.2, 0.25) is 15.6 Å². The van der Waals surface area contributed by atoms with Gasteiger partial charge >= 0.3 is 12.1 Å². The van der Waals surface area contributed by atoms with E-state index in [0.717, 1.165) is 18.2 Å². The number of aromatic nitrogens is 2. The molecule has 1 atom stereocenters. The third-order valence-corrected chi connectivity index (χ3v) is 9.40. The first-order chi connectivity index (χ1) is 18.9. The topological polar surface area (TPSA) is 146 Å². The number of alkyl halides is 3. The second-order valence-corrected chi connectivity index (χ2v) is 13.5. The second kappa shape index (κ2) is 12.1. The summed E-state index contributed by atoms with van der Waals surface area (Å²) in [6, 6.07) is 4.06. The first-order valence-electron chi connectivity index (χ1n) is 12.7. The standard InChI is InChI=1S/C24H33F3N4O8S2/c1-6-30-15-20(22(29-30)37-7-2)41(35,36)31-14-17(10-11-40(33,34)28-5)38-19-9-8-16(12-18(19)31)13-21(32)39-23(3,4)24(25,26)27/h8-9,12,15,17,28H,6-7,10-11,13-14H2,1-5H3/t17-/m0/s1. The van der Waals surface area contributed by atoms with E-state index in [9.17, 15) is 34.8 Å².